The highest BCUT2D eigenvalue weighted by molar-refractivity contribution is 7.91. The number of nitrogens with zero attached hydrogens (tertiary/aromatic N) is 2. The molecule has 0 bridgehead atoms. The van der Waals surface area contributed by atoms with Gasteiger partial charge in [-0.25, -0.2) is 18.0 Å². The number of rotatable bonds is 5. The third-order valence-electron chi connectivity index (χ3n) is 6.10. The van der Waals surface area contributed by atoms with Gasteiger partial charge >= 0.3 is 18.3 Å². The van der Waals surface area contributed by atoms with E-state index >= 15 is 0 Å². The molecule has 1 N–H and O–H groups in total. The Bertz CT molecular complexity index is 955. The molecule has 0 aromatic heterocycles. The van der Waals surface area contributed by atoms with E-state index in [9.17, 15) is 31.2 Å². The summed E-state index contributed by atoms with van der Waals surface area (Å²) in [7, 11) is -3.16. The van der Waals surface area contributed by atoms with Gasteiger partial charge in [-0.1, -0.05) is 19.1 Å². The first-order valence-corrected chi connectivity index (χ1v) is 13.1. The van der Waals surface area contributed by atoms with Gasteiger partial charge in [-0.05, 0) is 30.5 Å². The molecule has 8 nitrogen and oxygen atoms in total. The molecule has 2 aliphatic heterocycles. The number of sulfone groups is 1. The molecule has 0 saturated carbocycles. The molecule has 0 radical (unpaired) electrons. The summed E-state index contributed by atoms with van der Waals surface area (Å²) in [6.45, 7) is 3.23. The van der Waals surface area contributed by atoms with Crippen molar-refractivity contribution < 1.29 is 35.9 Å². The summed E-state index contributed by atoms with van der Waals surface area (Å²) in [6.07, 6.45) is -3.71. The Morgan fingerprint density at radius 2 is 1.74 bits per heavy atom. The van der Waals surface area contributed by atoms with Crippen LogP contribution in [0.4, 0.5) is 22.8 Å². The fourth-order valence-electron chi connectivity index (χ4n) is 4.24. The normalized spacial score (nSPS) is 22.8. The van der Waals surface area contributed by atoms with Gasteiger partial charge in [0, 0.05) is 44.6 Å². The van der Waals surface area contributed by atoms with Crippen molar-refractivity contribution in [2.24, 2.45) is 5.92 Å². The van der Waals surface area contributed by atoms with E-state index in [1.807, 2.05) is 6.92 Å². The van der Waals surface area contributed by atoms with Crippen LogP contribution in [0.5, 0.6) is 0 Å². The highest BCUT2D eigenvalue weighted by Crippen LogP contribution is 2.34. The Morgan fingerprint density at radius 3 is 2.32 bits per heavy atom. The maximum Gasteiger partial charge on any atom is 0.416 e. The number of halogens is 3. The number of urea groups is 1. The molecule has 12 heteroatoms. The fourth-order valence-corrected chi connectivity index (χ4v) is 5.44. The maximum absolute atomic E-state index is 13.1. The average molecular weight is 506 g/mol. The van der Waals surface area contributed by atoms with Crippen LogP contribution in [-0.2, 0) is 20.8 Å². The number of benzene rings is 1. The van der Waals surface area contributed by atoms with Crippen LogP contribution in [0.25, 0.3) is 0 Å². The number of nitrogens with one attached hydrogen (secondary N) is 1. The van der Waals surface area contributed by atoms with Crippen LogP contribution in [0, 0.1) is 5.92 Å². The van der Waals surface area contributed by atoms with Crippen molar-refractivity contribution in [1.82, 2.24) is 15.1 Å². The summed E-state index contributed by atoms with van der Waals surface area (Å²) in [6, 6.07) is 4.57. The number of piperidine rings is 1. The third kappa shape index (κ3) is 7.00. The van der Waals surface area contributed by atoms with Crippen molar-refractivity contribution in [3.8, 4) is 0 Å². The zero-order valence-electron chi connectivity index (χ0n) is 19.0. The minimum absolute atomic E-state index is 0.0604. The molecule has 1 aromatic rings. The predicted octanol–water partition coefficient (Wildman–Crippen LogP) is 3.10. The lowest BCUT2D eigenvalue weighted by atomic mass is 9.84. The van der Waals surface area contributed by atoms with Gasteiger partial charge in [-0.15, -0.1) is 0 Å². The number of carbonyl (C=O) groups excluding carboxylic acids is 2. The molecule has 2 fully saturated rings. The topological polar surface area (TPSA) is 96.0 Å². The number of ether oxygens (including phenoxy) is 1. The van der Waals surface area contributed by atoms with Crippen molar-refractivity contribution in [3.63, 3.8) is 0 Å². The molecule has 34 heavy (non-hydrogen) atoms. The zero-order chi connectivity index (χ0) is 24.9. The van der Waals surface area contributed by atoms with E-state index in [1.165, 1.54) is 17.0 Å². The molecule has 3 rings (SSSR count). The summed E-state index contributed by atoms with van der Waals surface area (Å²) >= 11 is 0. The number of alkyl carbamates (subject to hydrolysis) is 1. The number of likely N-dealkylation sites (tertiary alicyclic amines) is 1. The summed E-state index contributed by atoms with van der Waals surface area (Å²) in [5.74, 6) is -0.662. The average Bonchev–Trinajstić information content (AvgIpc) is 2.80. The van der Waals surface area contributed by atoms with Crippen molar-refractivity contribution in [3.05, 3.63) is 35.4 Å². The van der Waals surface area contributed by atoms with Crippen molar-refractivity contribution in [2.75, 3.05) is 50.8 Å². The van der Waals surface area contributed by atoms with E-state index in [0.717, 1.165) is 18.6 Å². The highest BCUT2D eigenvalue weighted by Gasteiger charge is 2.36. The summed E-state index contributed by atoms with van der Waals surface area (Å²) < 4.78 is 67.6. The van der Waals surface area contributed by atoms with Gasteiger partial charge in [0.25, 0.3) is 0 Å². The quantitative estimate of drug-likeness (QED) is 0.664. The molecule has 0 aliphatic carbocycles. The van der Waals surface area contributed by atoms with Crippen LogP contribution in [0.1, 0.15) is 36.8 Å². The van der Waals surface area contributed by atoms with Gasteiger partial charge in [0.15, 0.2) is 9.84 Å². The first-order chi connectivity index (χ1) is 16.0. The Labute approximate surface area is 197 Å². The van der Waals surface area contributed by atoms with Crippen LogP contribution < -0.4 is 5.32 Å². The smallest absolute Gasteiger partial charge is 0.416 e. The second kappa shape index (κ2) is 10.8. The molecule has 190 valence electrons. The second-order valence-corrected chi connectivity index (χ2v) is 11.1. The van der Waals surface area contributed by atoms with Gasteiger partial charge in [-0.3, -0.25) is 0 Å². The number of alkyl halides is 3. The summed E-state index contributed by atoms with van der Waals surface area (Å²) in [5.41, 5.74) is -0.0887. The van der Waals surface area contributed by atoms with E-state index in [1.54, 1.807) is 4.90 Å². The number of carbonyl (C=O) groups is 2. The van der Waals surface area contributed by atoms with E-state index in [4.69, 9.17) is 4.74 Å². The maximum atomic E-state index is 13.1. The molecule has 2 atom stereocenters. The van der Waals surface area contributed by atoms with Gasteiger partial charge in [0.2, 0.25) is 0 Å². The van der Waals surface area contributed by atoms with Crippen molar-refractivity contribution in [1.29, 1.82) is 0 Å². The van der Waals surface area contributed by atoms with Crippen LogP contribution in [-0.4, -0.2) is 81.2 Å². The van der Waals surface area contributed by atoms with Crippen molar-refractivity contribution in [2.45, 2.75) is 31.9 Å². The van der Waals surface area contributed by atoms with Crippen LogP contribution in [0.15, 0.2) is 24.3 Å². The lowest BCUT2D eigenvalue weighted by Gasteiger charge is -2.41. The number of hydrogen-bond donors (Lipinski definition) is 1. The Kier molecular flexibility index (Phi) is 8.32. The lowest BCUT2D eigenvalue weighted by Crippen LogP contribution is -2.53. The molecule has 2 aliphatic rings. The molecule has 1 aromatic carbocycles. The molecule has 3 amide bonds. The molecule has 2 saturated heterocycles. The van der Waals surface area contributed by atoms with Gasteiger partial charge in [0.05, 0.1) is 23.7 Å². The molecule has 2 heterocycles. The first kappa shape index (κ1) is 26.1. The van der Waals surface area contributed by atoms with Gasteiger partial charge < -0.3 is 19.9 Å². The van der Waals surface area contributed by atoms with Crippen molar-refractivity contribution >= 4 is 22.0 Å². The predicted molar refractivity (Wildman–Crippen MR) is 119 cm³/mol. The van der Waals surface area contributed by atoms with E-state index in [-0.39, 0.29) is 55.6 Å². The standard InChI is InChI=1S/C22H30F3N3O5S/c1-2-7-26-20(29)33-15-16-12-18(17-3-5-19(6-4-17)22(23,24)25)14-28(13-16)21(30)27-8-10-34(31,32)11-9-27/h3-6,16,18H,2,7-15H2,1H3,(H,26,29). The molecular weight excluding hydrogens is 475 g/mol. The minimum Gasteiger partial charge on any atom is -0.449 e. The monoisotopic (exact) mass is 505 g/mol. The number of amides is 3. The zero-order valence-corrected chi connectivity index (χ0v) is 19.8. The van der Waals surface area contributed by atoms with E-state index in [2.05, 4.69) is 5.32 Å². The van der Waals surface area contributed by atoms with Crippen LogP contribution >= 0.6 is 0 Å². The summed E-state index contributed by atoms with van der Waals surface area (Å²) in [5, 5.41) is 2.62. The van der Waals surface area contributed by atoms with E-state index < -0.39 is 27.7 Å². The number of hydrogen-bond acceptors (Lipinski definition) is 5. The Hall–Kier alpha value is -2.50. The SMILES string of the molecule is CCCNC(=O)OCC1CC(c2ccc(C(F)(F)F)cc2)CN(C(=O)N2CCS(=O)(=O)CC2)C1. The summed E-state index contributed by atoms with van der Waals surface area (Å²) in [4.78, 5) is 28.1. The molecule has 2 unspecified atom stereocenters. The largest absolute Gasteiger partial charge is 0.449 e. The second-order valence-electron chi connectivity index (χ2n) is 8.77. The molecular formula is C22H30F3N3O5S. The first-order valence-electron chi connectivity index (χ1n) is 11.3. The van der Waals surface area contributed by atoms with Crippen LogP contribution in [0.2, 0.25) is 0 Å². The van der Waals surface area contributed by atoms with Gasteiger partial charge in [0.1, 0.15) is 0 Å². The Morgan fingerprint density at radius 1 is 1.09 bits per heavy atom. The van der Waals surface area contributed by atoms with E-state index in [0.29, 0.717) is 25.1 Å². The van der Waals surface area contributed by atoms with Gasteiger partial charge in [-0.2, -0.15) is 13.2 Å². The van der Waals surface area contributed by atoms with Crippen LogP contribution in [0.3, 0.4) is 0 Å². The highest BCUT2D eigenvalue weighted by atomic mass is 32.2. The Balaban J connectivity index is 1.73. The third-order valence-corrected chi connectivity index (χ3v) is 7.71. The lowest BCUT2D eigenvalue weighted by molar-refractivity contribution is -0.137. The molecule has 0 spiro atoms. The minimum atomic E-state index is -4.44. The fraction of sp³-hybridized carbons (Fsp3) is 0.636.